The second kappa shape index (κ2) is 4.86. The van der Waals surface area contributed by atoms with Crippen LogP contribution in [0.25, 0.3) is 0 Å². The minimum Gasteiger partial charge on any atom is -0.346 e. The Hall–Kier alpha value is -2.05. The predicted octanol–water partition coefficient (Wildman–Crippen LogP) is 2.43. The fourth-order valence-corrected chi connectivity index (χ4v) is 1.94. The van der Waals surface area contributed by atoms with Gasteiger partial charge >= 0.3 is 0 Å². The molecule has 3 heteroatoms. The topological polar surface area (TPSA) is 54.7 Å². The van der Waals surface area contributed by atoms with E-state index in [4.69, 9.17) is 11.0 Å². The Morgan fingerprint density at radius 3 is 2.76 bits per heavy atom. The summed E-state index contributed by atoms with van der Waals surface area (Å²) in [5.41, 5.74) is 8.72. The van der Waals surface area contributed by atoms with Gasteiger partial charge in [0.15, 0.2) is 0 Å². The summed E-state index contributed by atoms with van der Waals surface area (Å²) in [4.78, 5) is 0. The van der Waals surface area contributed by atoms with Crippen LogP contribution in [-0.4, -0.2) is 4.57 Å². The first-order valence-electron chi connectivity index (χ1n) is 5.61. The predicted molar refractivity (Wildman–Crippen MR) is 67.3 cm³/mol. The van der Waals surface area contributed by atoms with Gasteiger partial charge in [0, 0.05) is 24.5 Å². The minimum absolute atomic E-state index is 0.000696. The first-order valence-corrected chi connectivity index (χ1v) is 5.61. The van der Waals surface area contributed by atoms with E-state index in [1.807, 2.05) is 49.5 Å². The fraction of sp³-hybridized carbons (Fsp3) is 0.214. The van der Waals surface area contributed by atoms with E-state index in [1.54, 1.807) is 0 Å². The zero-order valence-electron chi connectivity index (χ0n) is 9.80. The van der Waals surface area contributed by atoms with Gasteiger partial charge in [0.25, 0.3) is 0 Å². The molecule has 0 saturated heterocycles. The Morgan fingerprint density at radius 2 is 2.06 bits per heavy atom. The van der Waals surface area contributed by atoms with E-state index < -0.39 is 0 Å². The van der Waals surface area contributed by atoms with Crippen molar-refractivity contribution in [1.82, 2.24) is 4.57 Å². The van der Waals surface area contributed by atoms with E-state index >= 15 is 0 Å². The van der Waals surface area contributed by atoms with Crippen molar-refractivity contribution >= 4 is 0 Å². The van der Waals surface area contributed by atoms with Gasteiger partial charge in [-0.25, -0.2) is 0 Å². The number of nitriles is 1. The lowest BCUT2D eigenvalue weighted by Crippen LogP contribution is -2.12. The molecule has 0 bridgehead atoms. The van der Waals surface area contributed by atoms with Crippen LogP contribution in [0.2, 0.25) is 0 Å². The highest BCUT2D eigenvalue weighted by Crippen LogP contribution is 2.15. The molecule has 0 fully saturated rings. The van der Waals surface area contributed by atoms with Crippen LogP contribution in [0.1, 0.15) is 29.8 Å². The van der Waals surface area contributed by atoms with Gasteiger partial charge in [0.2, 0.25) is 0 Å². The summed E-state index contributed by atoms with van der Waals surface area (Å²) in [5, 5.41) is 9.04. The third-order valence-corrected chi connectivity index (χ3v) is 2.81. The Balaban J connectivity index is 2.32. The summed E-state index contributed by atoms with van der Waals surface area (Å²) < 4.78 is 2.08. The van der Waals surface area contributed by atoms with E-state index in [9.17, 15) is 0 Å². The van der Waals surface area contributed by atoms with Gasteiger partial charge in [-0.2, -0.15) is 5.26 Å². The Labute approximate surface area is 101 Å². The highest BCUT2D eigenvalue weighted by Gasteiger charge is 2.07. The molecule has 0 aliphatic heterocycles. The average Bonchev–Trinajstić information content (AvgIpc) is 2.78. The average molecular weight is 225 g/mol. The van der Waals surface area contributed by atoms with Crippen LogP contribution in [0.5, 0.6) is 0 Å². The van der Waals surface area contributed by atoms with Gasteiger partial charge < -0.3 is 10.3 Å². The fourth-order valence-electron chi connectivity index (χ4n) is 1.94. The third-order valence-electron chi connectivity index (χ3n) is 2.81. The first-order chi connectivity index (χ1) is 8.22. The van der Waals surface area contributed by atoms with Crippen LogP contribution in [-0.2, 0) is 6.54 Å². The summed E-state index contributed by atoms with van der Waals surface area (Å²) >= 11 is 0. The summed E-state index contributed by atoms with van der Waals surface area (Å²) in [6.45, 7) is 2.65. The molecule has 1 atom stereocenters. The van der Waals surface area contributed by atoms with Gasteiger partial charge in [-0.05, 0) is 30.7 Å². The molecule has 2 N–H and O–H groups in total. The summed E-state index contributed by atoms with van der Waals surface area (Å²) in [6, 6.07) is 13.8. The highest BCUT2D eigenvalue weighted by atomic mass is 15.0. The van der Waals surface area contributed by atoms with Crippen LogP contribution in [0.3, 0.4) is 0 Å². The van der Waals surface area contributed by atoms with Crippen LogP contribution in [0.15, 0.2) is 42.6 Å². The number of hydrogen-bond acceptors (Lipinski definition) is 2. The lowest BCUT2D eigenvalue weighted by molar-refractivity contribution is 0.675. The molecule has 2 aromatic rings. The van der Waals surface area contributed by atoms with Gasteiger partial charge in [-0.3, -0.25) is 0 Å². The normalized spacial score (nSPS) is 12.1. The van der Waals surface area contributed by atoms with E-state index in [0.717, 1.165) is 16.8 Å². The Kier molecular flexibility index (Phi) is 3.27. The quantitative estimate of drug-likeness (QED) is 0.872. The van der Waals surface area contributed by atoms with Gasteiger partial charge in [0.1, 0.15) is 0 Å². The maximum absolute atomic E-state index is 9.04. The number of benzene rings is 1. The SMILES string of the molecule is CC(N)c1cccn1Cc1ccccc1C#N. The van der Waals surface area contributed by atoms with Crippen molar-refractivity contribution in [3.63, 3.8) is 0 Å². The van der Waals surface area contributed by atoms with Crippen molar-refractivity contribution in [2.75, 3.05) is 0 Å². The number of hydrogen-bond donors (Lipinski definition) is 1. The molecule has 0 aliphatic rings. The van der Waals surface area contributed by atoms with Crippen molar-refractivity contribution in [3.05, 3.63) is 59.4 Å². The van der Waals surface area contributed by atoms with E-state index in [2.05, 4.69) is 10.6 Å². The lowest BCUT2D eigenvalue weighted by Gasteiger charge is -2.12. The number of aromatic nitrogens is 1. The molecule has 0 amide bonds. The number of nitrogens with two attached hydrogens (primary N) is 1. The summed E-state index contributed by atoms with van der Waals surface area (Å²) in [6.07, 6.45) is 1.99. The zero-order chi connectivity index (χ0) is 12.3. The number of rotatable bonds is 3. The van der Waals surface area contributed by atoms with Gasteiger partial charge in [-0.15, -0.1) is 0 Å². The summed E-state index contributed by atoms with van der Waals surface area (Å²) in [5.74, 6) is 0. The van der Waals surface area contributed by atoms with Crippen molar-refractivity contribution in [3.8, 4) is 6.07 Å². The molecule has 0 aliphatic carbocycles. The Bertz CT molecular complexity index is 547. The van der Waals surface area contributed by atoms with Crippen LogP contribution in [0.4, 0.5) is 0 Å². The van der Waals surface area contributed by atoms with Crippen LogP contribution < -0.4 is 5.73 Å². The van der Waals surface area contributed by atoms with Crippen LogP contribution >= 0.6 is 0 Å². The minimum atomic E-state index is -0.000696. The maximum atomic E-state index is 9.04. The van der Waals surface area contributed by atoms with E-state index in [-0.39, 0.29) is 6.04 Å². The molecule has 1 aromatic heterocycles. The van der Waals surface area contributed by atoms with Crippen molar-refractivity contribution in [2.45, 2.75) is 19.5 Å². The van der Waals surface area contributed by atoms with E-state index in [1.165, 1.54) is 0 Å². The molecule has 86 valence electrons. The molecule has 3 nitrogen and oxygen atoms in total. The van der Waals surface area contributed by atoms with Crippen molar-refractivity contribution in [1.29, 1.82) is 5.26 Å². The standard InChI is InChI=1S/C14H15N3/c1-11(16)14-7-4-8-17(14)10-13-6-3-2-5-12(13)9-15/h2-8,11H,10,16H2,1H3. The molecule has 0 saturated carbocycles. The van der Waals surface area contributed by atoms with Crippen molar-refractivity contribution in [2.24, 2.45) is 5.73 Å². The second-order valence-electron chi connectivity index (χ2n) is 4.12. The molecule has 1 unspecified atom stereocenters. The Morgan fingerprint density at radius 1 is 1.29 bits per heavy atom. The zero-order valence-corrected chi connectivity index (χ0v) is 9.80. The molecular formula is C14H15N3. The molecule has 0 spiro atoms. The monoisotopic (exact) mass is 225 g/mol. The summed E-state index contributed by atoms with van der Waals surface area (Å²) in [7, 11) is 0. The van der Waals surface area contributed by atoms with E-state index in [0.29, 0.717) is 6.54 Å². The van der Waals surface area contributed by atoms with Gasteiger partial charge in [-0.1, -0.05) is 18.2 Å². The third kappa shape index (κ3) is 2.38. The molecule has 1 aromatic carbocycles. The smallest absolute Gasteiger partial charge is 0.0995 e. The van der Waals surface area contributed by atoms with Crippen LogP contribution in [0, 0.1) is 11.3 Å². The van der Waals surface area contributed by atoms with Crippen molar-refractivity contribution < 1.29 is 0 Å². The highest BCUT2D eigenvalue weighted by molar-refractivity contribution is 5.37. The largest absolute Gasteiger partial charge is 0.346 e. The lowest BCUT2D eigenvalue weighted by atomic mass is 10.1. The molecule has 2 rings (SSSR count). The number of nitrogens with zero attached hydrogens (tertiary/aromatic N) is 2. The molecule has 1 heterocycles. The first kappa shape index (κ1) is 11.4. The van der Waals surface area contributed by atoms with Gasteiger partial charge in [0.05, 0.1) is 11.6 Å². The second-order valence-corrected chi connectivity index (χ2v) is 4.12. The molecular weight excluding hydrogens is 210 g/mol. The molecule has 0 radical (unpaired) electrons. The maximum Gasteiger partial charge on any atom is 0.0995 e. The molecule has 17 heavy (non-hydrogen) atoms.